The molecule has 32 heavy (non-hydrogen) atoms. The summed E-state index contributed by atoms with van der Waals surface area (Å²) in [6, 6.07) is 24.1. The number of halogens is 1. The molecule has 3 aromatic carbocycles. The van der Waals surface area contributed by atoms with Crippen LogP contribution < -0.4 is 5.56 Å². The zero-order valence-corrected chi connectivity index (χ0v) is 18.2. The third-order valence-electron chi connectivity index (χ3n) is 5.37. The average molecular weight is 442 g/mol. The highest BCUT2D eigenvalue weighted by atomic mass is 32.2. The Balaban J connectivity index is 1.70. The Morgan fingerprint density at radius 3 is 2.56 bits per heavy atom. The number of fused-ring (bicyclic) bond motifs is 1. The number of nitrogens with one attached hydrogen (secondary N) is 1. The molecule has 6 heteroatoms. The van der Waals surface area contributed by atoms with Crippen LogP contribution in [0.5, 0.6) is 0 Å². The molecule has 0 unspecified atom stereocenters. The van der Waals surface area contributed by atoms with Crippen LogP contribution in [-0.4, -0.2) is 14.5 Å². The lowest BCUT2D eigenvalue weighted by molar-refractivity contribution is 0.626. The van der Waals surface area contributed by atoms with Gasteiger partial charge < -0.3 is 4.98 Å². The highest BCUT2D eigenvalue weighted by Crippen LogP contribution is 2.30. The van der Waals surface area contributed by atoms with Crippen LogP contribution in [0.15, 0.2) is 95.0 Å². The maximum absolute atomic E-state index is 13.7. The standard InChI is InChI=1S/C26H20FN3OS/c1-17-8-5-6-13-22(17)30-25(31)24-23(21(15-28-24)19-10-3-2-4-11-19)29-26(30)32-16-18-9-7-12-20(27)14-18/h2-15,28H,16H2,1H3. The van der Waals surface area contributed by atoms with E-state index < -0.39 is 0 Å². The molecule has 0 aliphatic rings. The Morgan fingerprint density at radius 1 is 1.00 bits per heavy atom. The fraction of sp³-hybridized carbons (Fsp3) is 0.0769. The second-order valence-corrected chi connectivity index (χ2v) is 8.47. The van der Waals surface area contributed by atoms with Crippen LogP contribution >= 0.6 is 11.8 Å². The lowest BCUT2D eigenvalue weighted by Gasteiger charge is -2.14. The summed E-state index contributed by atoms with van der Waals surface area (Å²) in [6.45, 7) is 1.97. The quantitative estimate of drug-likeness (QED) is 0.264. The summed E-state index contributed by atoms with van der Waals surface area (Å²) in [5.74, 6) is 0.215. The van der Waals surface area contributed by atoms with E-state index in [0.717, 1.165) is 27.9 Å². The van der Waals surface area contributed by atoms with Gasteiger partial charge in [0.25, 0.3) is 5.56 Å². The normalized spacial score (nSPS) is 11.2. The number of hydrogen-bond donors (Lipinski definition) is 1. The van der Waals surface area contributed by atoms with Gasteiger partial charge in [-0.2, -0.15) is 0 Å². The number of nitrogens with zero attached hydrogens (tertiary/aromatic N) is 2. The van der Waals surface area contributed by atoms with Crippen LogP contribution in [0.4, 0.5) is 4.39 Å². The van der Waals surface area contributed by atoms with E-state index >= 15 is 0 Å². The largest absolute Gasteiger partial charge is 0.355 e. The minimum Gasteiger partial charge on any atom is -0.355 e. The summed E-state index contributed by atoms with van der Waals surface area (Å²) < 4.78 is 15.3. The van der Waals surface area contributed by atoms with Gasteiger partial charge in [0.05, 0.1) is 5.69 Å². The van der Waals surface area contributed by atoms with Crippen molar-refractivity contribution < 1.29 is 4.39 Å². The molecular formula is C26H20FN3OS. The number of aromatic amines is 1. The number of thioether (sulfide) groups is 1. The number of para-hydroxylation sites is 1. The van der Waals surface area contributed by atoms with Crippen molar-refractivity contribution >= 4 is 22.8 Å². The minimum absolute atomic E-state index is 0.159. The van der Waals surface area contributed by atoms with Crippen LogP contribution in [-0.2, 0) is 5.75 Å². The number of benzene rings is 3. The fourth-order valence-corrected chi connectivity index (χ4v) is 4.72. The molecule has 2 heterocycles. The number of rotatable bonds is 5. The van der Waals surface area contributed by atoms with Gasteiger partial charge in [-0.3, -0.25) is 9.36 Å². The predicted molar refractivity (Wildman–Crippen MR) is 128 cm³/mol. The zero-order chi connectivity index (χ0) is 22.1. The van der Waals surface area contributed by atoms with Crippen LogP contribution in [0, 0.1) is 12.7 Å². The van der Waals surface area contributed by atoms with E-state index in [1.165, 1.54) is 23.9 Å². The van der Waals surface area contributed by atoms with Crippen LogP contribution in [0.3, 0.4) is 0 Å². The molecule has 1 N–H and O–H groups in total. The van der Waals surface area contributed by atoms with Crippen molar-refractivity contribution in [2.45, 2.75) is 17.8 Å². The molecule has 0 saturated carbocycles. The molecule has 0 radical (unpaired) electrons. The molecular weight excluding hydrogens is 421 g/mol. The first-order valence-corrected chi connectivity index (χ1v) is 11.2. The second kappa shape index (κ2) is 8.48. The molecule has 0 spiro atoms. The number of hydrogen-bond acceptors (Lipinski definition) is 3. The van der Waals surface area contributed by atoms with Crippen LogP contribution in [0.2, 0.25) is 0 Å². The van der Waals surface area contributed by atoms with Crippen LogP contribution in [0.1, 0.15) is 11.1 Å². The zero-order valence-electron chi connectivity index (χ0n) is 17.4. The molecule has 0 fully saturated rings. The van der Waals surface area contributed by atoms with Gasteiger partial charge in [-0.25, -0.2) is 9.37 Å². The van der Waals surface area contributed by atoms with Gasteiger partial charge in [0.2, 0.25) is 0 Å². The molecule has 0 amide bonds. The first kappa shape index (κ1) is 20.3. The Kier molecular flexibility index (Phi) is 5.37. The fourth-order valence-electron chi connectivity index (χ4n) is 3.78. The molecule has 158 valence electrons. The van der Waals surface area contributed by atoms with Gasteiger partial charge in [0.1, 0.15) is 16.9 Å². The van der Waals surface area contributed by atoms with Gasteiger partial charge in [-0.05, 0) is 41.8 Å². The van der Waals surface area contributed by atoms with Crippen molar-refractivity contribution in [2.24, 2.45) is 0 Å². The van der Waals surface area contributed by atoms with Crippen molar-refractivity contribution in [1.29, 1.82) is 0 Å². The summed E-state index contributed by atoms with van der Waals surface area (Å²) in [7, 11) is 0. The molecule has 0 atom stereocenters. The SMILES string of the molecule is Cc1ccccc1-n1c(SCc2cccc(F)c2)nc2c(-c3ccccc3)c[nH]c2c1=O. The summed E-state index contributed by atoms with van der Waals surface area (Å²) >= 11 is 1.42. The molecule has 4 nitrogen and oxygen atoms in total. The van der Waals surface area contributed by atoms with E-state index in [2.05, 4.69) is 4.98 Å². The molecule has 5 aromatic rings. The maximum atomic E-state index is 13.7. The smallest absolute Gasteiger partial charge is 0.283 e. The van der Waals surface area contributed by atoms with Crippen molar-refractivity contribution in [3.8, 4) is 16.8 Å². The Bertz CT molecular complexity index is 1470. The van der Waals surface area contributed by atoms with Crippen molar-refractivity contribution in [3.63, 3.8) is 0 Å². The average Bonchev–Trinajstić information content (AvgIpc) is 3.23. The highest BCUT2D eigenvalue weighted by molar-refractivity contribution is 7.98. The lowest BCUT2D eigenvalue weighted by Crippen LogP contribution is -2.22. The molecule has 2 aromatic heterocycles. The molecule has 0 aliphatic heterocycles. The van der Waals surface area contributed by atoms with E-state index in [1.54, 1.807) is 10.6 Å². The summed E-state index contributed by atoms with van der Waals surface area (Å²) in [6.07, 6.45) is 1.83. The highest BCUT2D eigenvalue weighted by Gasteiger charge is 2.19. The van der Waals surface area contributed by atoms with Gasteiger partial charge in [0.15, 0.2) is 5.16 Å². The first-order chi connectivity index (χ1) is 15.6. The Morgan fingerprint density at radius 2 is 1.78 bits per heavy atom. The van der Waals surface area contributed by atoms with Crippen molar-refractivity contribution in [2.75, 3.05) is 0 Å². The van der Waals surface area contributed by atoms with Gasteiger partial charge in [0, 0.05) is 17.5 Å². The maximum Gasteiger partial charge on any atom is 0.283 e. The van der Waals surface area contributed by atoms with E-state index in [4.69, 9.17) is 4.98 Å². The third kappa shape index (κ3) is 3.74. The summed E-state index contributed by atoms with van der Waals surface area (Å²) in [5, 5.41) is 0.567. The van der Waals surface area contributed by atoms with Gasteiger partial charge in [-0.1, -0.05) is 72.4 Å². The molecule has 0 saturated heterocycles. The Hall–Kier alpha value is -3.64. The lowest BCUT2D eigenvalue weighted by atomic mass is 10.1. The molecule has 0 bridgehead atoms. The van der Waals surface area contributed by atoms with Crippen molar-refractivity contribution in [3.05, 3.63) is 112 Å². The predicted octanol–water partition coefficient (Wildman–Crippen LogP) is 6.12. The third-order valence-corrected chi connectivity index (χ3v) is 6.38. The minimum atomic E-state index is -0.278. The second-order valence-electron chi connectivity index (χ2n) is 7.53. The Labute approximate surface area is 188 Å². The van der Waals surface area contributed by atoms with Crippen LogP contribution in [0.25, 0.3) is 27.8 Å². The topological polar surface area (TPSA) is 50.7 Å². The van der Waals surface area contributed by atoms with E-state index in [9.17, 15) is 9.18 Å². The summed E-state index contributed by atoms with van der Waals surface area (Å²) in [5.41, 5.74) is 5.38. The number of H-pyrrole nitrogens is 1. The summed E-state index contributed by atoms with van der Waals surface area (Å²) in [4.78, 5) is 21.7. The number of aryl methyl sites for hydroxylation is 1. The monoisotopic (exact) mass is 441 g/mol. The van der Waals surface area contributed by atoms with E-state index in [-0.39, 0.29) is 11.4 Å². The molecule has 0 aliphatic carbocycles. The van der Waals surface area contributed by atoms with Gasteiger partial charge >= 0.3 is 0 Å². The first-order valence-electron chi connectivity index (χ1n) is 10.2. The van der Waals surface area contributed by atoms with E-state index in [1.807, 2.05) is 73.8 Å². The van der Waals surface area contributed by atoms with Crippen molar-refractivity contribution in [1.82, 2.24) is 14.5 Å². The molecule has 5 rings (SSSR count). The number of aromatic nitrogens is 3. The van der Waals surface area contributed by atoms with E-state index in [0.29, 0.717) is 21.9 Å². The van der Waals surface area contributed by atoms with Gasteiger partial charge in [-0.15, -0.1) is 0 Å².